The molecule has 0 unspecified atom stereocenters. The Balaban J connectivity index is 2.13. The molecule has 0 bridgehead atoms. The third-order valence-electron chi connectivity index (χ3n) is 2.54. The van der Waals surface area contributed by atoms with Gasteiger partial charge in [-0.25, -0.2) is 0 Å². The van der Waals surface area contributed by atoms with Gasteiger partial charge >= 0.3 is 0 Å². The molecule has 4 nitrogen and oxygen atoms in total. The van der Waals surface area contributed by atoms with E-state index >= 15 is 0 Å². The molecule has 2 aromatic rings. The Morgan fingerprint density at radius 2 is 1.85 bits per heavy atom. The lowest BCUT2D eigenvalue weighted by Crippen LogP contribution is -1.97. The Kier molecular flexibility index (Phi) is 4.70. The normalized spacial score (nSPS) is 10.3. The first-order chi connectivity index (χ1) is 9.49. The van der Waals surface area contributed by atoms with Gasteiger partial charge in [-0.05, 0) is 12.1 Å². The van der Waals surface area contributed by atoms with Crippen molar-refractivity contribution < 1.29 is 9.66 Å². The van der Waals surface area contributed by atoms with Crippen LogP contribution < -0.4 is 4.74 Å². The van der Waals surface area contributed by atoms with E-state index in [0.29, 0.717) is 21.4 Å². The number of halogens is 3. The Hall–Kier alpha value is -1.49. The molecule has 0 N–H and O–H groups in total. The summed E-state index contributed by atoms with van der Waals surface area (Å²) < 4.78 is 5.49. The monoisotopic (exact) mass is 331 g/mol. The topological polar surface area (TPSA) is 52.4 Å². The van der Waals surface area contributed by atoms with Crippen LogP contribution in [-0.4, -0.2) is 4.92 Å². The minimum atomic E-state index is -0.556. The summed E-state index contributed by atoms with van der Waals surface area (Å²) in [7, 11) is 0. The lowest BCUT2D eigenvalue weighted by atomic mass is 10.2. The lowest BCUT2D eigenvalue weighted by Gasteiger charge is -2.09. The van der Waals surface area contributed by atoms with Crippen LogP contribution in [0.2, 0.25) is 15.1 Å². The molecule has 0 saturated carbocycles. The van der Waals surface area contributed by atoms with Gasteiger partial charge in [-0.15, -0.1) is 0 Å². The average molecular weight is 333 g/mol. The van der Waals surface area contributed by atoms with E-state index in [2.05, 4.69) is 0 Å². The molecule has 2 rings (SSSR count). The van der Waals surface area contributed by atoms with Gasteiger partial charge < -0.3 is 4.74 Å². The maximum Gasteiger partial charge on any atom is 0.288 e. The molecule has 2 aromatic carbocycles. The Bertz CT molecular complexity index is 661. The molecule has 0 aliphatic rings. The van der Waals surface area contributed by atoms with Crippen molar-refractivity contribution in [3.05, 3.63) is 67.1 Å². The third kappa shape index (κ3) is 3.33. The molecule has 0 radical (unpaired) electrons. The van der Waals surface area contributed by atoms with E-state index in [1.54, 1.807) is 18.2 Å². The van der Waals surface area contributed by atoms with Crippen molar-refractivity contribution in [2.45, 2.75) is 6.61 Å². The van der Waals surface area contributed by atoms with Crippen molar-refractivity contribution in [3.63, 3.8) is 0 Å². The van der Waals surface area contributed by atoms with Gasteiger partial charge in [-0.2, -0.15) is 0 Å². The van der Waals surface area contributed by atoms with E-state index in [0.717, 1.165) is 0 Å². The quantitative estimate of drug-likeness (QED) is 0.576. The molecule has 0 saturated heterocycles. The molecule has 20 heavy (non-hydrogen) atoms. The van der Waals surface area contributed by atoms with Crippen LogP contribution in [0.1, 0.15) is 5.56 Å². The number of ether oxygens (including phenoxy) is 1. The van der Waals surface area contributed by atoms with Gasteiger partial charge in [0.1, 0.15) is 17.4 Å². The highest BCUT2D eigenvalue weighted by atomic mass is 35.5. The van der Waals surface area contributed by atoms with Crippen LogP contribution >= 0.6 is 34.8 Å². The second-order valence-electron chi connectivity index (χ2n) is 3.87. The van der Waals surface area contributed by atoms with Gasteiger partial charge in [0.2, 0.25) is 0 Å². The highest BCUT2D eigenvalue weighted by molar-refractivity contribution is 6.42. The second kappa shape index (κ2) is 6.31. The van der Waals surface area contributed by atoms with Crippen molar-refractivity contribution in [2.24, 2.45) is 0 Å². The lowest BCUT2D eigenvalue weighted by molar-refractivity contribution is -0.384. The predicted octanol–water partition coefficient (Wildman–Crippen LogP) is 5.13. The highest BCUT2D eigenvalue weighted by Gasteiger charge is 2.13. The number of nitro groups is 1. The molecule has 7 heteroatoms. The first kappa shape index (κ1) is 14.9. The molecular formula is C13H8Cl3NO3. The summed E-state index contributed by atoms with van der Waals surface area (Å²) in [4.78, 5) is 10.1. The molecule has 0 fully saturated rings. The number of benzene rings is 2. The molecule has 0 heterocycles. The molecule has 0 aromatic heterocycles. The minimum absolute atomic E-state index is 0.0182. The van der Waals surface area contributed by atoms with Gasteiger partial charge in [0.25, 0.3) is 5.69 Å². The number of nitro benzene ring substituents is 1. The maximum absolute atomic E-state index is 10.6. The molecule has 104 valence electrons. The number of hydrogen-bond acceptors (Lipinski definition) is 3. The van der Waals surface area contributed by atoms with E-state index in [1.807, 2.05) is 0 Å². The number of hydrogen-bond donors (Lipinski definition) is 0. The average Bonchev–Trinajstić information content (AvgIpc) is 2.40. The van der Waals surface area contributed by atoms with Crippen LogP contribution in [0.5, 0.6) is 5.75 Å². The molecule has 0 amide bonds. The predicted molar refractivity (Wildman–Crippen MR) is 78.9 cm³/mol. The first-order valence-electron chi connectivity index (χ1n) is 5.48. The second-order valence-corrected chi connectivity index (χ2v) is 5.06. The van der Waals surface area contributed by atoms with Gasteiger partial charge in [-0.3, -0.25) is 10.1 Å². The van der Waals surface area contributed by atoms with Crippen LogP contribution in [0, 0.1) is 10.1 Å². The fourth-order valence-corrected chi connectivity index (χ4v) is 2.16. The van der Waals surface area contributed by atoms with Crippen LogP contribution in [0.25, 0.3) is 0 Å². The van der Waals surface area contributed by atoms with Crippen LogP contribution in [0.4, 0.5) is 5.69 Å². The number of nitrogens with zero attached hydrogens (tertiary/aromatic N) is 1. The Morgan fingerprint density at radius 3 is 2.50 bits per heavy atom. The minimum Gasteiger partial charge on any atom is -0.489 e. The van der Waals surface area contributed by atoms with Crippen LogP contribution in [0.15, 0.2) is 36.4 Å². The summed E-state index contributed by atoms with van der Waals surface area (Å²) >= 11 is 17.7. The summed E-state index contributed by atoms with van der Waals surface area (Å²) in [6.07, 6.45) is 0. The molecular weight excluding hydrogens is 325 g/mol. The smallest absolute Gasteiger partial charge is 0.288 e. The van der Waals surface area contributed by atoms with E-state index in [-0.39, 0.29) is 17.3 Å². The van der Waals surface area contributed by atoms with Crippen molar-refractivity contribution in [3.8, 4) is 5.75 Å². The summed E-state index contributed by atoms with van der Waals surface area (Å²) in [5, 5.41) is 11.5. The summed E-state index contributed by atoms with van der Waals surface area (Å²) in [5.74, 6) is 0.414. The van der Waals surface area contributed by atoms with Crippen molar-refractivity contribution in [2.75, 3.05) is 0 Å². The van der Waals surface area contributed by atoms with Crippen molar-refractivity contribution >= 4 is 40.5 Å². The third-order valence-corrected chi connectivity index (χ3v) is 3.70. The Morgan fingerprint density at radius 1 is 1.10 bits per heavy atom. The Labute approximate surface area is 130 Å². The van der Waals surface area contributed by atoms with E-state index in [4.69, 9.17) is 39.5 Å². The number of rotatable bonds is 4. The maximum atomic E-state index is 10.6. The molecule has 0 spiro atoms. The zero-order valence-electron chi connectivity index (χ0n) is 9.98. The summed E-state index contributed by atoms with van der Waals surface area (Å²) in [6.45, 7) is 0.188. The first-order valence-corrected chi connectivity index (χ1v) is 6.62. The van der Waals surface area contributed by atoms with E-state index < -0.39 is 4.92 Å². The van der Waals surface area contributed by atoms with Gasteiger partial charge in [-0.1, -0.05) is 46.9 Å². The molecule has 0 atom stereocenters. The fraction of sp³-hybridized carbons (Fsp3) is 0.0769. The zero-order chi connectivity index (χ0) is 14.7. The zero-order valence-corrected chi connectivity index (χ0v) is 12.2. The van der Waals surface area contributed by atoms with Crippen molar-refractivity contribution in [1.29, 1.82) is 0 Å². The fourth-order valence-electron chi connectivity index (χ4n) is 1.55. The molecule has 0 aliphatic heterocycles. The summed E-state index contributed by atoms with van der Waals surface area (Å²) in [5.41, 5.74) is 0.549. The van der Waals surface area contributed by atoms with Gasteiger partial charge in [0.05, 0.1) is 15.0 Å². The van der Waals surface area contributed by atoms with Crippen LogP contribution in [-0.2, 0) is 6.61 Å². The SMILES string of the molecule is O=[N+]([O-])c1ccc(OCc2cccc(Cl)c2Cl)cc1Cl. The largest absolute Gasteiger partial charge is 0.489 e. The van der Waals surface area contributed by atoms with Gasteiger partial charge in [0, 0.05) is 17.7 Å². The van der Waals surface area contributed by atoms with E-state index in [9.17, 15) is 10.1 Å². The van der Waals surface area contributed by atoms with Crippen LogP contribution in [0.3, 0.4) is 0 Å². The van der Waals surface area contributed by atoms with Crippen molar-refractivity contribution in [1.82, 2.24) is 0 Å². The van der Waals surface area contributed by atoms with Gasteiger partial charge in [0.15, 0.2) is 0 Å². The highest BCUT2D eigenvalue weighted by Crippen LogP contribution is 2.30. The molecule has 0 aliphatic carbocycles. The summed E-state index contributed by atoms with van der Waals surface area (Å²) in [6, 6.07) is 9.37. The standard InChI is InChI=1S/C13H8Cl3NO3/c14-10-3-1-2-8(13(10)16)7-20-9-4-5-12(17(18)19)11(15)6-9/h1-6H,7H2. The van der Waals surface area contributed by atoms with E-state index in [1.165, 1.54) is 18.2 Å².